The fourth-order valence-corrected chi connectivity index (χ4v) is 1.26. The number of hydrogen-bond donors (Lipinski definition) is 2. The van der Waals surface area contributed by atoms with Crippen LogP contribution in [-0.4, -0.2) is 15.7 Å². The Bertz CT molecular complexity index is 486. The molecule has 0 aliphatic rings. The van der Waals surface area contributed by atoms with Crippen LogP contribution in [0.15, 0.2) is 36.5 Å². The molecule has 2 rings (SSSR count). The SMILES string of the molecule is NC(=O)c1ccc(-n2ccc(N)n2)cc1. The molecule has 1 amide bonds. The Balaban J connectivity index is 2.35. The molecule has 1 aromatic carbocycles. The number of aromatic nitrogens is 2. The van der Waals surface area contributed by atoms with Crippen molar-refractivity contribution >= 4 is 11.7 Å². The number of amides is 1. The molecule has 0 aliphatic carbocycles. The summed E-state index contributed by atoms with van der Waals surface area (Å²) in [4.78, 5) is 10.8. The summed E-state index contributed by atoms with van der Waals surface area (Å²) in [6.07, 6.45) is 1.74. The highest BCUT2D eigenvalue weighted by atomic mass is 16.1. The first kappa shape index (κ1) is 9.26. The minimum atomic E-state index is -0.443. The molecule has 0 saturated carbocycles. The van der Waals surface area contributed by atoms with Crippen molar-refractivity contribution in [1.29, 1.82) is 0 Å². The van der Waals surface area contributed by atoms with Gasteiger partial charge in [-0.05, 0) is 24.3 Å². The maximum atomic E-state index is 10.8. The van der Waals surface area contributed by atoms with E-state index in [1.807, 2.05) is 0 Å². The molecule has 0 radical (unpaired) electrons. The number of anilines is 1. The van der Waals surface area contributed by atoms with Gasteiger partial charge in [0.2, 0.25) is 5.91 Å². The van der Waals surface area contributed by atoms with Crippen LogP contribution in [0.4, 0.5) is 5.82 Å². The number of rotatable bonds is 2. The molecule has 0 fully saturated rings. The van der Waals surface area contributed by atoms with Gasteiger partial charge in [-0.15, -0.1) is 0 Å². The topological polar surface area (TPSA) is 86.9 Å². The monoisotopic (exact) mass is 202 g/mol. The first-order valence-electron chi connectivity index (χ1n) is 4.38. The first-order chi connectivity index (χ1) is 7.16. The van der Waals surface area contributed by atoms with Crippen molar-refractivity contribution in [3.63, 3.8) is 0 Å². The number of hydrogen-bond acceptors (Lipinski definition) is 3. The second-order valence-electron chi connectivity index (χ2n) is 3.10. The minimum absolute atomic E-state index is 0.443. The van der Waals surface area contributed by atoms with Gasteiger partial charge in [0.1, 0.15) is 5.82 Å². The number of primary amides is 1. The Morgan fingerprint density at radius 3 is 2.33 bits per heavy atom. The van der Waals surface area contributed by atoms with Crippen molar-refractivity contribution in [2.75, 3.05) is 5.73 Å². The molecular weight excluding hydrogens is 192 g/mol. The zero-order valence-electron chi connectivity index (χ0n) is 7.92. The van der Waals surface area contributed by atoms with Crippen LogP contribution < -0.4 is 11.5 Å². The standard InChI is InChI=1S/C10H10N4O/c11-9-5-6-14(13-9)8-3-1-7(2-4-8)10(12)15/h1-6H,(H2,11,13)(H2,12,15). The Morgan fingerprint density at radius 2 is 1.87 bits per heavy atom. The lowest BCUT2D eigenvalue weighted by Crippen LogP contribution is -2.10. The van der Waals surface area contributed by atoms with Gasteiger partial charge in [-0.1, -0.05) is 0 Å². The molecular formula is C10H10N4O. The maximum Gasteiger partial charge on any atom is 0.248 e. The number of carbonyl (C=O) groups excluding carboxylic acids is 1. The van der Waals surface area contributed by atoms with Gasteiger partial charge in [0.25, 0.3) is 0 Å². The summed E-state index contributed by atoms with van der Waals surface area (Å²) in [5.74, 6) is 0.00973. The highest BCUT2D eigenvalue weighted by molar-refractivity contribution is 5.92. The van der Waals surface area contributed by atoms with Crippen LogP contribution in [0.5, 0.6) is 0 Å². The zero-order chi connectivity index (χ0) is 10.8. The van der Waals surface area contributed by atoms with E-state index in [9.17, 15) is 4.79 Å². The first-order valence-corrected chi connectivity index (χ1v) is 4.38. The van der Waals surface area contributed by atoms with Crippen LogP contribution in [0.1, 0.15) is 10.4 Å². The van der Waals surface area contributed by atoms with Gasteiger partial charge >= 0.3 is 0 Å². The summed E-state index contributed by atoms with van der Waals surface area (Å²) < 4.78 is 1.63. The molecule has 2 aromatic rings. The molecule has 4 N–H and O–H groups in total. The Hall–Kier alpha value is -2.30. The summed E-state index contributed by atoms with van der Waals surface area (Å²) in [7, 11) is 0. The summed E-state index contributed by atoms with van der Waals surface area (Å²) in [5, 5.41) is 4.03. The average molecular weight is 202 g/mol. The van der Waals surface area contributed by atoms with Crippen molar-refractivity contribution in [1.82, 2.24) is 9.78 Å². The highest BCUT2D eigenvalue weighted by Gasteiger charge is 2.01. The van der Waals surface area contributed by atoms with Crippen LogP contribution in [0.3, 0.4) is 0 Å². The van der Waals surface area contributed by atoms with E-state index < -0.39 is 5.91 Å². The van der Waals surface area contributed by atoms with Crippen LogP contribution in [0.2, 0.25) is 0 Å². The third kappa shape index (κ3) is 1.80. The van der Waals surface area contributed by atoms with Crippen LogP contribution in [0.25, 0.3) is 5.69 Å². The second-order valence-corrected chi connectivity index (χ2v) is 3.10. The van der Waals surface area contributed by atoms with Gasteiger partial charge in [-0.3, -0.25) is 4.79 Å². The molecule has 1 heterocycles. The summed E-state index contributed by atoms with van der Waals surface area (Å²) in [5.41, 5.74) is 11.9. The van der Waals surface area contributed by atoms with E-state index in [4.69, 9.17) is 11.5 Å². The van der Waals surface area contributed by atoms with E-state index in [1.165, 1.54) is 0 Å². The predicted molar refractivity (Wildman–Crippen MR) is 56.5 cm³/mol. The molecule has 5 heteroatoms. The lowest BCUT2D eigenvalue weighted by atomic mass is 10.2. The van der Waals surface area contributed by atoms with Gasteiger partial charge < -0.3 is 11.5 Å². The summed E-state index contributed by atoms with van der Waals surface area (Å²) in [6.45, 7) is 0. The highest BCUT2D eigenvalue weighted by Crippen LogP contribution is 2.09. The van der Waals surface area contributed by atoms with E-state index in [-0.39, 0.29) is 0 Å². The normalized spacial score (nSPS) is 10.1. The lowest BCUT2D eigenvalue weighted by Gasteiger charge is -2.01. The minimum Gasteiger partial charge on any atom is -0.382 e. The molecule has 0 aliphatic heterocycles. The van der Waals surface area contributed by atoms with Crippen LogP contribution in [0, 0.1) is 0 Å². The van der Waals surface area contributed by atoms with Gasteiger partial charge in [-0.2, -0.15) is 5.10 Å². The number of nitrogens with zero attached hydrogens (tertiary/aromatic N) is 2. The molecule has 1 aromatic heterocycles. The predicted octanol–water partition coefficient (Wildman–Crippen LogP) is 0.553. The number of nitrogens with two attached hydrogens (primary N) is 2. The van der Waals surface area contributed by atoms with Gasteiger partial charge in [0.05, 0.1) is 5.69 Å². The fourth-order valence-electron chi connectivity index (χ4n) is 1.26. The zero-order valence-corrected chi connectivity index (χ0v) is 7.92. The third-order valence-electron chi connectivity index (χ3n) is 2.03. The largest absolute Gasteiger partial charge is 0.382 e. The van der Waals surface area contributed by atoms with Gasteiger partial charge in [0.15, 0.2) is 0 Å². The summed E-state index contributed by atoms with van der Waals surface area (Å²) >= 11 is 0. The van der Waals surface area contributed by atoms with Crippen LogP contribution in [-0.2, 0) is 0 Å². The van der Waals surface area contributed by atoms with Crippen molar-refractivity contribution in [2.24, 2.45) is 5.73 Å². The number of benzene rings is 1. The smallest absolute Gasteiger partial charge is 0.248 e. The Kier molecular flexibility index (Phi) is 2.13. The van der Waals surface area contributed by atoms with E-state index in [2.05, 4.69) is 5.10 Å². The molecule has 15 heavy (non-hydrogen) atoms. The average Bonchev–Trinajstić information content (AvgIpc) is 2.65. The Morgan fingerprint density at radius 1 is 1.20 bits per heavy atom. The lowest BCUT2D eigenvalue weighted by molar-refractivity contribution is 0.100. The molecule has 0 saturated heterocycles. The van der Waals surface area contributed by atoms with E-state index >= 15 is 0 Å². The molecule has 0 unspecified atom stereocenters. The number of carbonyl (C=O) groups is 1. The van der Waals surface area contributed by atoms with Gasteiger partial charge in [0, 0.05) is 17.8 Å². The molecule has 0 atom stereocenters. The van der Waals surface area contributed by atoms with Crippen LogP contribution >= 0.6 is 0 Å². The van der Waals surface area contributed by atoms with E-state index in [0.29, 0.717) is 11.4 Å². The molecule has 5 nitrogen and oxygen atoms in total. The quantitative estimate of drug-likeness (QED) is 0.745. The summed E-state index contributed by atoms with van der Waals surface area (Å²) in [6, 6.07) is 8.51. The van der Waals surface area contributed by atoms with E-state index in [0.717, 1.165) is 5.69 Å². The van der Waals surface area contributed by atoms with Gasteiger partial charge in [-0.25, -0.2) is 4.68 Å². The second kappa shape index (κ2) is 3.45. The number of nitrogen functional groups attached to an aromatic ring is 1. The van der Waals surface area contributed by atoms with Crippen molar-refractivity contribution in [3.8, 4) is 5.69 Å². The van der Waals surface area contributed by atoms with E-state index in [1.54, 1.807) is 41.2 Å². The molecule has 76 valence electrons. The molecule has 0 spiro atoms. The third-order valence-corrected chi connectivity index (χ3v) is 2.03. The van der Waals surface area contributed by atoms with Crippen molar-refractivity contribution in [2.45, 2.75) is 0 Å². The van der Waals surface area contributed by atoms with Crippen molar-refractivity contribution < 1.29 is 4.79 Å². The Labute approximate surface area is 86.3 Å². The molecule has 0 bridgehead atoms. The van der Waals surface area contributed by atoms with Crippen molar-refractivity contribution in [3.05, 3.63) is 42.1 Å². The fraction of sp³-hybridized carbons (Fsp3) is 0. The maximum absolute atomic E-state index is 10.8.